The number of ether oxygens (including phenoxy) is 1. The van der Waals surface area contributed by atoms with Gasteiger partial charge in [-0.15, -0.1) is 0 Å². The number of carbonyl (C=O) groups is 2. The van der Waals surface area contributed by atoms with Crippen LogP contribution in [0.4, 0.5) is 11.4 Å². The number of piperidine rings is 1. The summed E-state index contributed by atoms with van der Waals surface area (Å²) in [6.07, 6.45) is 3.25. The molecule has 0 aromatic heterocycles. The summed E-state index contributed by atoms with van der Waals surface area (Å²) in [5.41, 5.74) is 2.84. The van der Waals surface area contributed by atoms with Crippen LogP contribution in [-0.2, 0) is 15.9 Å². The lowest BCUT2D eigenvalue weighted by Crippen LogP contribution is -2.36. The van der Waals surface area contributed by atoms with Crippen LogP contribution in [0.1, 0.15) is 40.0 Å². The highest BCUT2D eigenvalue weighted by atomic mass is 32.2. The number of fused-ring (bicyclic) bond motifs is 1. The zero-order valence-electron chi connectivity index (χ0n) is 16.4. The van der Waals surface area contributed by atoms with Gasteiger partial charge in [0.1, 0.15) is 5.75 Å². The van der Waals surface area contributed by atoms with Crippen LogP contribution in [0.25, 0.3) is 0 Å². The molecule has 7 heteroatoms. The van der Waals surface area contributed by atoms with E-state index in [1.807, 2.05) is 29.2 Å². The van der Waals surface area contributed by atoms with Crippen molar-refractivity contribution in [1.82, 2.24) is 4.90 Å². The molecule has 0 saturated carbocycles. The number of benzene rings is 2. The Bertz CT molecular complexity index is 910. The van der Waals surface area contributed by atoms with Gasteiger partial charge in [0.05, 0.1) is 24.9 Å². The molecule has 2 aliphatic heterocycles. The van der Waals surface area contributed by atoms with Crippen LogP contribution in [0.5, 0.6) is 0 Å². The first kappa shape index (κ1) is 19.8. The number of esters is 1. The largest absolute Gasteiger partial charge is 0.611 e. The molecule has 4 rings (SSSR count). The van der Waals surface area contributed by atoms with Crippen LogP contribution >= 0.6 is 0 Å². The first-order valence-electron chi connectivity index (χ1n) is 9.86. The minimum absolute atomic E-state index is 0.0176. The van der Waals surface area contributed by atoms with Gasteiger partial charge >= 0.3 is 5.97 Å². The quantitative estimate of drug-likeness (QED) is 0.571. The van der Waals surface area contributed by atoms with Gasteiger partial charge in [-0.3, -0.25) is 4.79 Å². The van der Waals surface area contributed by atoms with E-state index in [-0.39, 0.29) is 11.9 Å². The third kappa shape index (κ3) is 3.97. The summed E-state index contributed by atoms with van der Waals surface area (Å²) in [4.78, 5) is 29.2. The maximum absolute atomic E-state index is 12.8. The molecule has 2 aromatic rings. The van der Waals surface area contributed by atoms with E-state index >= 15 is 0 Å². The van der Waals surface area contributed by atoms with E-state index < -0.39 is 11.2 Å². The van der Waals surface area contributed by atoms with Crippen molar-refractivity contribution in [2.75, 3.05) is 37.4 Å². The van der Waals surface area contributed by atoms with E-state index in [2.05, 4.69) is 4.90 Å². The van der Waals surface area contributed by atoms with Gasteiger partial charge in [-0.25, -0.2) is 4.79 Å². The molecular weight excluding hydrogens is 388 g/mol. The van der Waals surface area contributed by atoms with Crippen molar-refractivity contribution >= 4 is 34.4 Å². The van der Waals surface area contributed by atoms with Gasteiger partial charge in [-0.1, -0.05) is 0 Å². The molecule has 1 unspecified atom stereocenters. The lowest BCUT2D eigenvalue weighted by molar-refractivity contribution is 0.0600. The van der Waals surface area contributed by atoms with Crippen LogP contribution in [0.3, 0.4) is 0 Å². The molecule has 2 aliphatic rings. The Kier molecular flexibility index (Phi) is 5.78. The van der Waals surface area contributed by atoms with Crippen molar-refractivity contribution in [3.05, 3.63) is 53.6 Å². The summed E-state index contributed by atoms with van der Waals surface area (Å²) in [6.45, 7) is 2.19. The smallest absolute Gasteiger partial charge is 0.337 e. The van der Waals surface area contributed by atoms with E-state index in [0.717, 1.165) is 37.3 Å². The Morgan fingerprint density at radius 2 is 1.66 bits per heavy atom. The number of amides is 1. The molecule has 1 saturated heterocycles. The number of anilines is 2. The topological polar surface area (TPSA) is 72.9 Å². The van der Waals surface area contributed by atoms with Gasteiger partial charge in [-0.05, 0) is 66.8 Å². The number of hydrogen-bond acceptors (Lipinski definition) is 5. The SMILES string of the molecule is COC(=O)c1ccc(N2CC[S+]([O-])c3cc(C(=O)N4CCCCC4)ccc32)cc1. The minimum atomic E-state index is -1.14. The van der Waals surface area contributed by atoms with Crippen LogP contribution in [0.2, 0.25) is 0 Å². The molecule has 1 atom stereocenters. The molecule has 152 valence electrons. The number of likely N-dealkylation sites (tertiary alicyclic amines) is 1. The van der Waals surface area contributed by atoms with Gasteiger partial charge in [0, 0.05) is 30.4 Å². The number of carbonyl (C=O) groups excluding carboxylic acids is 2. The van der Waals surface area contributed by atoms with Gasteiger partial charge in [0.2, 0.25) is 0 Å². The van der Waals surface area contributed by atoms with Crippen molar-refractivity contribution < 1.29 is 18.9 Å². The van der Waals surface area contributed by atoms with E-state index in [0.29, 0.717) is 28.3 Å². The third-order valence-corrected chi connectivity index (χ3v) is 6.86. The Balaban J connectivity index is 1.62. The average molecular weight is 413 g/mol. The number of methoxy groups -OCH3 is 1. The summed E-state index contributed by atoms with van der Waals surface area (Å²) in [7, 11) is 1.36. The fourth-order valence-corrected chi connectivity index (χ4v) is 5.14. The molecule has 0 N–H and O–H groups in total. The predicted octanol–water partition coefficient (Wildman–Crippen LogP) is 3.36. The minimum Gasteiger partial charge on any atom is -0.611 e. The Morgan fingerprint density at radius 3 is 2.34 bits per heavy atom. The lowest BCUT2D eigenvalue weighted by Gasteiger charge is -2.32. The first-order chi connectivity index (χ1) is 14.1. The van der Waals surface area contributed by atoms with Crippen LogP contribution in [-0.4, -0.2) is 53.8 Å². The maximum Gasteiger partial charge on any atom is 0.337 e. The maximum atomic E-state index is 12.8. The van der Waals surface area contributed by atoms with Gasteiger partial charge in [0.15, 0.2) is 4.90 Å². The van der Waals surface area contributed by atoms with Gasteiger partial charge in [0.25, 0.3) is 5.91 Å². The predicted molar refractivity (Wildman–Crippen MR) is 112 cm³/mol. The van der Waals surface area contributed by atoms with E-state index in [1.54, 1.807) is 18.2 Å². The Morgan fingerprint density at radius 1 is 0.966 bits per heavy atom. The summed E-state index contributed by atoms with van der Waals surface area (Å²) < 4.78 is 17.4. The van der Waals surface area contributed by atoms with Crippen molar-refractivity contribution in [3.63, 3.8) is 0 Å². The average Bonchev–Trinajstić information content (AvgIpc) is 2.79. The highest BCUT2D eigenvalue weighted by Gasteiger charge is 2.30. The van der Waals surface area contributed by atoms with E-state index in [1.165, 1.54) is 13.5 Å². The second kappa shape index (κ2) is 8.47. The lowest BCUT2D eigenvalue weighted by atomic mass is 10.1. The molecule has 6 nitrogen and oxygen atoms in total. The molecule has 1 amide bonds. The Hall–Kier alpha value is -2.51. The number of hydrogen-bond donors (Lipinski definition) is 0. The molecule has 0 spiro atoms. The van der Waals surface area contributed by atoms with Crippen molar-refractivity contribution in [1.29, 1.82) is 0 Å². The molecule has 2 aromatic carbocycles. The third-order valence-electron chi connectivity index (χ3n) is 5.49. The molecule has 0 aliphatic carbocycles. The number of rotatable bonds is 3. The second-order valence-electron chi connectivity index (χ2n) is 7.28. The molecule has 29 heavy (non-hydrogen) atoms. The fraction of sp³-hybridized carbons (Fsp3) is 0.364. The summed E-state index contributed by atoms with van der Waals surface area (Å²) >= 11 is -1.14. The fourth-order valence-electron chi connectivity index (χ4n) is 3.90. The summed E-state index contributed by atoms with van der Waals surface area (Å²) in [5.74, 6) is 0.134. The molecule has 0 bridgehead atoms. The monoisotopic (exact) mass is 412 g/mol. The zero-order valence-corrected chi connectivity index (χ0v) is 17.2. The van der Waals surface area contributed by atoms with Gasteiger partial charge in [-0.2, -0.15) is 0 Å². The highest BCUT2D eigenvalue weighted by Crippen LogP contribution is 2.36. The molecule has 0 radical (unpaired) electrons. The molecular formula is C22H24N2O4S. The first-order valence-corrected chi connectivity index (χ1v) is 11.2. The molecule has 1 fully saturated rings. The summed E-state index contributed by atoms with van der Waals surface area (Å²) in [5, 5.41) is 0. The highest BCUT2D eigenvalue weighted by molar-refractivity contribution is 7.91. The van der Waals surface area contributed by atoms with Crippen LogP contribution < -0.4 is 4.90 Å². The van der Waals surface area contributed by atoms with Gasteiger partial charge < -0.3 is 19.1 Å². The van der Waals surface area contributed by atoms with Crippen molar-refractivity contribution in [2.24, 2.45) is 0 Å². The summed E-state index contributed by atoms with van der Waals surface area (Å²) in [6, 6.07) is 12.7. The van der Waals surface area contributed by atoms with E-state index in [4.69, 9.17) is 4.74 Å². The second-order valence-corrected chi connectivity index (χ2v) is 8.81. The number of nitrogens with zero attached hydrogens (tertiary/aromatic N) is 2. The van der Waals surface area contributed by atoms with E-state index in [9.17, 15) is 14.1 Å². The Labute approximate surface area is 173 Å². The standard InChI is InChI=1S/C22H24N2O4S/c1-28-22(26)16-5-8-18(9-6-16)24-13-14-29(27)20-15-17(7-10-19(20)24)21(25)23-11-3-2-4-12-23/h5-10,15H,2-4,11-14H2,1H3. The van der Waals surface area contributed by atoms with Crippen molar-refractivity contribution in [2.45, 2.75) is 24.2 Å². The van der Waals surface area contributed by atoms with Crippen LogP contribution in [0.15, 0.2) is 47.4 Å². The molecule has 2 heterocycles. The van der Waals surface area contributed by atoms with Crippen LogP contribution in [0, 0.1) is 0 Å². The normalized spacial score (nSPS) is 18.9. The van der Waals surface area contributed by atoms with Crippen molar-refractivity contribution in [3.8, 4) is 0 Å². The zero-order chi connectivity index (χ0) is 20.4.